The molecule has 168 valence electrons. The fraction of sp³-hybridized carbons (Fsp3) is 0.400. The third-order valence-corrected chi connectivity index (χ3v) is 5.48. The molecule has 10 nitrogen and oxygen atoms in total. The molecule has 2 heterocycles. The first-order chi connectivity index (χ1) is 13.8. The number of aromatic nitrogens is 1. The first-order valence-electron chi connectivity index (χ1n) is 7.99. The predicted molar refractivity (Wildman–Crippen MR) is 93.1 cm³/mol. The lowest BCUT2D eigenvalue weighted by atomic mass is 10.0. The van der Waals surface area contributed by atoms with Gasteiger partial charge in [-0.25, -0.2) is 22.6 Å². The number of alkyl halides is 3. The molecule has 1 aliphatic rings. The second kappa shape index (κ2) is 10.3. The first-order valence-corrected chi connectivity index (χ1v) is 9.43. The summed E-state index contributed by atoms with van der Waals surface area (Å²) in [5.41, 5.74) is 10.7. The van der Waals surface area contributed by atoms with Crippen LogP contribution in [0.2, 0.25) is 0 Å². The minimum atomic E-state index is -5.08. The molecule has 2 rings (SSSR count). The molecule has 1 aromatic heterocycles. The average molecular weight is 458 g/mol. The van der Waals surface area contributed by atoms with Crippen LogP contribution in [-0.4, -0.2) is 67.1 Å². The fourth-order valence-corrected chi connectivity index (χ4v) is 3.35. The van der Waals surface area contributed by atoms with E-state index < -0.39 is 34.0 Å². The van der Waals surface area contributed by atoms with Crippen LogP contribution < -0.4 is 16.2 Å². The van der Waals surface area contributed by atoms with Gasteiger partial charge in [-0.2, -0.15) is 17.5 Å². The number of nitrogens with zero attached hydrogens (tertiary/aromatic N) is 2. The second-order valence-corrected chi connectivity index (χ2v) is 7.75. The summed E-state index contributed by atoms with van der Waals surface area (Å²) in [6.07, 6.45) is -3.58. The number of carboxylic acids is 1. The van der Waals surface area contributed by atoms with Gasteiger partial charge in [0.2, 0.25) is 21.8 Å². The number of hydrogen-bond acceptors (Lipinski definition) is 7. The molecule has 0 aliphatic carbocycles. The Morgan fingerprint density at radius 1 is 1.33 bits per heavy atom. The van der Waals surface area contributed by atoms with Gasteiger partial charge in [0.1, 0.15) is 11.5 Å². The van der Waals surface area contributed by atoms with Crippen molar-refractivity contribution in [2.24, 2.45) is 17.4 Å². The van der Waals surface area contributed by atoms with Crippen molar-refractivity contribution < 1.29 is 45.4 Å². The number of rotatable bonds is 7. The summed E-state index contributed by atoms with van der Waals surface area (Å²) >= 11 is 0. The van der Waals surface area contributed by atoms with E-state index in [4.69, 9.17) is 26.1 Å². The highest BCUT2D eigenvalue weighted by atomic mass is 32.2. The summed E-state index contributed by atoms with van der Waals surface area (Å²) < 4.78 is 75.0. The molecular formula is C15H18F4N4O6S. The van der Waals surface area contributed by atoms with Crippen LogP contribution in [-0.2, 0) is 19.6 Å². The number of nitrogens with two attached hydrogens (primary N) is 2. The van der Waals surface area contributed by atoms with Gasteiger partial charge >= 0.3 is 12.1 Å². The van der Waals surface area contributed by atoms with Crippen LogP contribution in [0.5, 0.6) is 5.88 Å². The number of aliphatic carboxylic acids is 1. The zero-order valence-corrected chi connectivity index (χ0v) is 16.0. The molecule has 1 aromatic rings. The normalized spacial score (nSPS) is 15.6. The molecule has 15 heteroatoms. The average Bonchev–Trinajstić information content (AvgIpc) is 2.61. The predicted octanol–water partition coefficient (Wildman–Crippen LogP) is 0.0116. The molecule has 1 fully saturated rings. The molecular weight excluding hydrogens is 440 g/mol. The Kier molecular flexibility index (Phi) is 8.68. The second-order valence-electron chi connectivity index (χ2n) is 5.82. The summed E-state index contributed by atoms with van der Waals surface area (Å²) in [6, 6.07) is 2.70. The maximum atomic E-state index is 12.3. The largest absolute Gasteiger partial charge is 0.490 e. The summed E-state index contributed by atoms with van der Waals surface area (Å²) in [4.78, 5) is 23.7. The molecule has 30 heavy (non-hydrogen) atoms. The molecule has 0 saturated carbocycles. The number of amides is 1. The summed E-state index contributed by atoms with van der Waals surface area (Å²) in [5, 5.41) is 7.12. The van der Waals surface area contributed by atoms with Gasteiger partial charge in [-0.1, -0.05) is 0 Å². The van der Waals surface area contributed by atoms with Crippen molar-refractivity contribution in [3.8, 4) is 5.88 Å². The number of carboxylic acid groups (broad SMARTS) is 1. The topological polar surface area (TPSA) is 166 Å². The quantitative estimate of drug-likeness (QED) is 0.481. The lowest BCUT2D eigenvalue weighted by molar-refractivity contribution is -0.192. The van der Waals surface area contributed by atoms with Crippen LogP contribution in [0, 0.1) is 5.92 Å². The molecule has 1 saturated heterocycles. The Bertz CT molecular complexity index is 883. The van der Waals surface area contributed by atoms with Gasteiger partial charge in [0, 0.05) is 31.3 Å². The van der Waals surface area contributed by atoms with Crippen molar-refractivity contribution in [1.29, 1.82) is 0 Å². The molecule has 0 unspecified atom stereocenters. The Balaban J connectivity index is 0.000000553. The Hall–Kier alpha value is -2.78. The van der Waals surface area contributed by atoms with Gasteiger partial charge in [-0.05, 0) is 6.07 Å². The van der Waals surface area contributed by atoms with Crippen LogP contribution >= 0.6 is 0 Å². The van der Waals surface area contributed by atoms with Gasteiger partial charge in [0.25, 0.3) is 0 Å². The van der Waals surface area contributed by atoms with Crippen molar-refractivity contribution in [3.63, 3.8) is 0 Å². The SMILES string of the molecule is NC/C(=C\F)COc1ccc(S(=O)(=O)N2CC(C(N)=O)C2)cn1.O=C(O)C(F)(F)F. The number of halogens is 4. The van der Waals surface area contributed by atoms with Crippen molar-refractivity contribution in [3.05, 3.63) is 30.2 Å². The standard InChI is InChI=1S/C13H17FN4O4S.C2HF3O2/c14-3-9(4-15)8-22-12-2-1-11(5-17-12)23(20,21)18-6-10(7-18)13(16)19;3-2(4,5)1(6)7/h1-3,5,10H,4,6-8,15H2,(H2,16,19);(H,6,7)/b9-3+;. The molecule has 0 aromatic carbocycles. The van der Waals surface area contributed by atoms with E-state index in [0.29, 0.717) is 6.33 Å². The first kappa shape index (κ1) is 25.3. The van der Waals surface area contributed by atoms with Crippen LogP contribution in [0.3, 0.4) is 0 Å². The van der Waals surface area contributed by atoms with Crippen molar-refractivity contribution >= 4 is 21.9 Å². The molecule has 1 amide bonds. The Morgan fingerprint density at radius 3 is 2.27 bits per heavy atom. The maximum Gasteiger partial charge on any atom is 0.490 e. The van der Waals surface area contributed by atoms with E-state index in [1.807, 2.05) is 0 Å². The zero-order chi connectivity index (χ0) is 23.1. The van der Waals surface area contributed by atoms with Crippen molar-refractivity contribution in [1.82, 2.24) is 9.29 Å². The fourth-order valence-electron chi connectivity index (χ4n) is 1.87. The summed E-state index contributed by atoms with van der Waals surface area (Å²) in [6.45, 7) is 0.0750. The van der Waals surface area contributed by atoms with Gasteiger partial charge in [0.15, 0.2) is 0 Å². The minimum Gasteiger partial charge on any atom is -0.475 e. The zero-order valence-electron chi connectivity index (χ0n) is 15.2. The summed E-state index contributed by atoms with van der Waals surface area (Å²) in [7, 11) is -3.71. The highest BCUT2D eigenvalue weighted by Crippen LogP contribution is 2.25. The number of carbonyl (C=O) groups is 2. The number of ether oxygens (including phenoxy) is 1. The van der Waals surface area contributed by atoms with Gasteiger partial charge in [0.05, 0.1) is 18.4 Å². The molecule has 0 radical (unpaired) electrons. The monoisotopic (exact) mass is 458 g/mol. The summed E-state index contributed by atoms with van der Waals surface area (Å²) in [5.74, 6) is -3.58. The highest BCUT2D eigenvalue weighted by molar-refractivity contribution is 7.89. The molecule has 0 spiro atoms. The lowest BCUT2D eigenvalue weighted by Crippen LogP contribution is -2.54. The maximum absolute atomic E-state index is 12.3. The molecule has 1 aliphatic heterocycles. The Labute approximate surface area is 168 Å². The molecule has 0 atom stereocenters. The van der Waals surface area contributed by atoms with Crippen LogP contribution in [0.4, 0.5) is 17.6 Å². The van der Waals surface area contributed by atoms with Crippen LogP contribution in [0.25, 0.3) is 0 Å². The molecule has 5 N–H and O–H groups in total. The smallest absolute Gasteiger partial charge is 0.475 e. The van der Waals surface area contributed by atoms with Gasteiger partial charge in [-0.15, -0.1) is 0 Å². The number of hydrogen-bond donors (Lipinski definition) is 3. The van der Waals surface area contributed by atoms with Gasteiger partial charge in [-0.3, -0.25) is 4.79 Å². The van der Waals surface area contributed by atoms with E-state index in [0.717, 1.165) is 10.5 Å². The van der Waals surface area contributed by atoms with E-state index in [2.05, 4.69) is 4.98 Å². The lowest BCUT2D eigenvalue weighted by Gasteiger charge is -2.35. The van der Waals surface area contributed by atoms with Crippen molar-refractivity contribution in [2.75, 3.05) is 26.2 Å². The third kappa shape index (κ3) is 6.93. The number of primary amides is 1. The number of carbonyl (C=O) groups excluding carboxylic acids is 1. The number of pyridine rings is 1. The van der Waals surface area contributed by atoms with E-state index >= 15 is 0 Å². The van der Waals surface area contributed by atoms with E-state index in [1.165, 1.54) is 12.1 Å². The van der Waals surface area contributed by atoms with E-state index in [-0.39, 0.29) is 42.6 Å². The minimum absolute atomic E-state index is 0.0128. The molecule has 0 bridgehead atoms. The highest BCUT2D eigenvalue weighted by Gasteiger charge is 2.39. The van der Waals surface area contributed by atoms with Crippen molar-refractivity contribution in [2.45, 2.75) is 11.1 Å². The van der Waals surface area contributed by atoms with E-state index in [1.54, 1.807) is 0 Å². The van der Waals surface area contributed by atoms with Crippen LogP contribution in [0.15, 0.2) is 35.1 Å². The van der Waals surface area contributed by atoms with Crippen LogP contribution in [0.1, 0.15) is 0 Å². The Morgan fingerprint density at radius 2 is 1.90 bits per heavy atom. The third-order valence-electron chi connectivity index (χ3n) is 3.66. The van der Waals surface area contributed by atoms with Gasteiger partial charge < -0.3 is 21.3 Å². The van der Waals surface area contributed by atoms with E-state index in [9.17, 15) is 30.8 Å². The number of sulfonamides is 1.